The number of hydrogen-bond donors (Lipinski definition) is 1. The van der Waals surface area contributed by atoms with Crippen LogP contribution < -0.4 is 4.31 Å². The van der Waals surface area contributed by atoms with Gasteiger partial charge in [0.1, 0.15) is 0 Å². The van der Waals surface area contributed by atoms with Gasteiger partial charge in [-0.15, -0.1) is 11.3 Å². The lowest BCUT2D eigenvalue weighted by Crippen LogP contribution is -2.19. The van der Waals surface area contributed by atoms with E-state index in [-0.39, 0.29) is 16.7 Å². The van der Waals surface area contributed by atoms with Crippen molar-refractivity contribution in [2.24, 2.45) is 0 Å². The predicted octanol–water partition coefficient (Wildman–Crippen LogP) is 4.03. The maximum absolute atomic E-state index is 12.0. The fourth-order valence-corrected chi connectivity index (χ4v) is 4.14. The van der Waals surface area contributed by atoms with Gasteiger partial charge in [0, 0.05) is 12.5 Å². The van der Waals surface area contributed by atoms with Crippen LogP contribution in [0.4, 0.5) is 11.4 Å². The van der Waals surface area contributed by atoms with Gasteiger partial charge in [-0.25, -0.2) is 13.5 Å². The molecular weight excluding hydrogens is 392 g/mol. The summed E-state index contributed by atoms with van der Waals surface area (Å²) in [5, 5.41) is -0.115. The van der Waals surface area contributed by atoms with E-state index < -0.39 is 11.3 Å². The Bertz CT molecular complexity index is 985. The number of benzene rings is 2. The summed E-state index contributed by atoms with van der Waals surface area (Å²) in [5.41, 5.74) is 4.02. The van der Waals surface area contributed by atoms with Gasteiger partial charge in [0.15, 0.2) is 10.9 Å². The van der Waals surface area contributed by atoms with E-state index in [9.17, 15) is 18.4 Å². The molecule has 6 nitrogen and oxygen atoms in total. The predicted molar refractivity (Wildman–Crippen MR) is 106 cm³/mol. The molecule has 3 rings (SSSR count). The molecule has 26 heavy (non-hydrogen) atoms. The summed E-state index contributed by atoms with van der Waals surface area (Å²) in [5.74, 6) is -0.0914. The quantitative estimate of drug-likeness (QED) is 0.491. The minimum absolute atomic E-state index is 0.0758. The number of fused-ring (bicyclic) bond motifs is 1. The molecule has 2 aromatic carbocycles. The Morgan fingerprint density at radius 2 is 1.88 bits per heavy atom. The summed E-state index contributed by atoms with van der Waals surface area (Å²) in [6, 6.07) is 11.7. The number of thiazole rings is 1. The largest absolute Gasteiger partial charge is 0.293 e. The Hall–Kier alpha value is -2.07. The highest BCUT2D eigenvalue weighted by atomic mass is 32.2. The highest BCUT2D eigenvalue weighted by Crippen LogP contribution is 2.31. The van der Waals surface area contributed by atoms with Crippen LogP contribution in [0.5, 0.6) is 0 Å². The molecule has 0 spiro atoms. The third-order valence-electron chi connectivity index (χ3n) is 3.54. The van der Waals surface area contributed by atoms with E-state index >= 15 is 0 Å². The zero-order chi connectivity index (χ0) is 18.7. The molecule has 0 aliphatic heterocycles. The fourth-order valence-electron chi connectivity index (χ4n) is 2.33. The SMILES string of the molecule is CC(=O)SCC(=O)c1ccc(N(c2ccc3ncsc3c2)S(=O)O)cc1. The summed E-state index contributed by atoms with van der Waals surface area (Å²) in [7, 11) is 0. The van der Waals surface area contributed by atoms with E-state index in [0.29, 0.717) is 16.9 Å². The first-order valence-electron chi connectivity index (χ1n) is 7.46. The first-order chi connectivity index (χ1) is 12.5. The topological polar surface area (TPSA) is 87.6 Å². The second kappa shape index (κ2) is 8.09. The van der Waals surface area contributed by atoms with Crippen LogP contribution in [0.3, 0.4) is 0 Å². The van der Waals surface area contributed by atoms with Crippen molar-refractivity contribution in [1.82, 2.24) is 4.98 Å². The standard InChI is InChI=1S/C17H14N2O4S3/c1-11(20)24-9-16(21)12-2-4-13(5-3-12)19(26(22)23)14-6-7-15-17(8-14)25-10-18-15/h2-8,10H,9H2,1H3,(H,22,23). The summed E-state index contributed by atoms with van der Waals surface area (Å²) >= 11 is 0.124. The summed E-state index contributed by atoms with van der Waals surface area (Å²) in [6.07, 6.45) is 0. The minimum atomic E-state index is -2.28. The zero-order valence-corrected chi connectivity index (χ0v) is 16.1. The molecule has 0 amide bonds. The second-order valence-electron chi connectivity index (χ2n) is 5.28. The number of carbonyl (C=O) groups is 2. The molecule has 3 aromatic rings. The third-order valence-corrected chi connectivity index (χ3v) is 5.87. The first kappa shape index (κ1) is 18.7. The number of hydrogen-bond acceptors (Lipinski definition) is 6. The van der Waals surface area contributed by atoms with Gasteiger partial charge in [0.2, 0.25) is 0 Å². The van der Waals surface area contributed by atoms with Crippen molar-refractivity contribution in [3.05, 3.63) is 53.5 Å². The van der Waals surface area contributed by atoms with E-state index in [1.54, 1.807) is 48.0 Å². The maximum Gasteiger partial charge on any atom is 0.266 e. The number of nitrogens with zero attached hydrogens (tertiary/aromatic N) is 2. The number of rotatable bonds is 6. The second-order valence-corrected chi connectivity index (χ2v) is 8.14. The monoisotopic (exact) mass is 406 g/mol. The number of carbonyl (C=O) groups excluding carboxylic acids is 2. The van der Waals surface area contributed by atoms with Gasteiger partial charge in [-0.1, -0.05) is 11.8 Å². The Labute approximate surface area is 160 Å². The van der Waals surface area contributed by atoms with Crippen LogP contribution >= 0.6 is 23.1 Å². The van der Waals surface area contributed by atoms with Crippen LogP contribution in [0.15, 0.2) is 48.0 Å². The van der Waals surface area contributed by atoms with Gasteiger partial charge in [0.05, 0.1) is 32.9 Å². The van der Waals surface area contributed by atoms with Gasteiger partial charge in [0.25, 0.3) is 11.3 Å². The Balaban J connectivity index is 1.87. The number of Topliss-reactive ketones (excluding diaryl/α,β-unsaturated/α-hetero) is 1. The summed E-state index contributed by atoms with van der Waals surface area (Å²) in [4.78, 5) is 27.2. The normalized spacial score (nSPS) is 12.1. The van der Waals surface area contributed by atoms with Crippen LogP contribution in [0, 0.1) is 0 Å². The Morgan fingerprint density at radius 3 is 2.54 bits per heavy atom. The van der Waals surface area contributed by atoms with E-state index in [1.807, 2.05) is 0 Å². The first-order valence-corrected chi connectivity index (χ1v) is 10.4. The highest BCUT2D eigenvalue weighted by molar-refractivity contribution is 8.14. The van der Waals surface area contributed by atoms with Crippen molar-refractivity contribution in [3.8, 4) is 0 Å². The van der Waals surface area contributed by atoms with Crippen LogP contribution in [0.2, 0.25) is 0 Å². The minimum Gasteiger partial charge on any atom is -0.293 e. The fraction of sp³-hybridized carbons (Fsp3) is 0.118. The molecule has 9 heteroatoms. The number of anilines is 2. The van der Waals surface area contributed by atoms with Gasteiger partial charge in [-0.05, 0) is 42.5 Å². The molecule has 134 valence electrons. The number of thioether (sulfide) groups is 1. The van der Waals surface area contributed by atoms with Crippen molar-refractivity contribution in [2.75, 3.05) is 10.1 Å². The number of aromatic nitrogens is 1. The van der Waals surface area contributed by atoms with E-state index in [4.69, 9.17) is 0 Å². The Morgan fingerprint density at radius 1 is 1.19 bits per heavy atom. The molecule has 0 aliphatic rings. The molecule has 0 bridgehead atoms. The van der Waals surface area contributed by atoms with Crippen LogP contribution in [-0.4, -0.2) is 30.4 Å². The third kappa shape index (κ3) is 4.18. The van der Waals surface area contributed by atoms with Crippen molar-refractivity contribution < 1.29 is 18.4 Å². The average Bonchev–Trinajstić information content (AvgIpc) is 3.08. The number of ketones is 1. The van der Waals surface area contributed by atoms with Gasteiger partial charge >= 0.3 is 0 Å². The molecule has 0 radical (unpaired) electrons. The lowest BCUT2D eigenvalue weighted by Gasteiger charge is -2.20. The molecule has 0 saturated carbocycles. The van der Waals surface area contributed by atoms with Crippen molar-refractivity contribution in [1.29, 1.82) is 0 Å². The van der Waals surface area contributed by atoms with Crippen LogP contribution in [-0.2, 0) is 16.1 Å². The van der Waals surface area contributed by atoms with Crippen LogP contribution in [0.25, 0.3) is 10.2 Å². The average molecular weight is 407 g/mol. The molecule has 1 unspecified atom stereocenters. The van der Waals surface area contributed by atoms with E-state index in [1.165, 1.54) is 22.6 Å². The highest BCUT2D eigenvalue weighted by Gasteiger charge is 2.17. The van der Waals surface area contributed by atoms with Gasteiger partial charge < -0.3 is 0 Å². The smallest absolute Gasteiger partial charge is 0.266 e. The summed E-state index contributed by atoms with van der Waals surface area (Å²) < 4.78 is 23.8. The molecule has 0 saturated heterocycles. The summed E-state index contributed by atoms with van der Waals surface area (Å²) in [6.45, 7) is 1.41. The van der Waals surface area contributed by atoms with E-state index in [0.717, 1.165) is 22.0 Å². The van der Waals surface area contributed by atoms with Crippen molar-refractivity contribution in [3.63, 3.8) is 0 Å². The van der Waals surface area contributed by atoms with Crippen molar-refractivity contribution >= 4 is 66.9 Å². The van der Waals surface area contributed by atoms with Crippen LogP contribution in [0.1, 0.15) is 17.3 Å². The molecular formula is C17H14N2O4S3. The molecule has 0 fully saturated rings. The van der Waals surface area contributed by atoms with Crippen molar-refractivity contribution in [2.45, 2.75) is 6.92 Å². The molecule has 1 atom stereocenters. The zero-order valence-electron chi connectivity index (χ0n) is 13.6. The van der Waals surface area contributed by atoms with E-state index in [2.05, 4.69) is 4.98 Å². The molecule has 0 aliphatic carbocycles. The Kier molecular flexibility index (Phi) is 5.82. The maximum atomic E-state index is 12.0. The molecule has 1 heterocycles. The lowest BCUT2D eigenvalue weighted by molar-refractivity contribution is -0.109. The van der Waals surface area contributed by atoms with Gasteiger partial charge in [-0.3, -0.25) is 14.1 Å². The lowest BCUT2D eigenvalue weighted by atomic mass is 10.1. The molecule has 1 aromatic heterocycles. The molecule has 1 N–H and O–H groups in total. The van der Waals surface area contributed by atoms with Gasteiger partial charge in [-0.2, -0.15) is 0 Å².